The molecule has 0 heterocycles. The van der Waals surface area contributed by atoms with Crippen molar-refractivity contribution in [2.75, 3.05) is 20.3 Å². The predicted octanol–water partition coefficient (Wildman–Crippen LogP) is 4.72. The molecule has 1 atom stereocenters. The molecule has 1 N–H and O–H groups in total. The normalized spacial score (nSPS) is 11.6. The Balaban J connectivity index is 2.25. The standard InChI is InChI=1S/C27H38N2O4/c1-7-9-13-28-27(31)24(8-2)29(17-22-11-10-12-23(16-22)32-6)26(30)18-33-25-15-19(3)14-20(4)21(25)5/h10-12,14-16,24H,7-9,13,17-18H2,1-6H3,(H,28,31)/t24-/m1/s1. The first-order valence-electron chi connectivity index (χ1n) is 11.7. The molecule has 2 aromatic rings. The van der Waals surface area contributed by atoms with Crippen LogP contribution in [0.15, 0.2) is 36.4 Å². The zero-order valence-electron chi connectivity index (χ0n) is 20.9. The van der Waals surface area contributed by atoms with Crippen molar-refractivity contribution in [1.82, 2.24) is 10.2 Å². The van der Waals surface area contributed by atoms with Gasteiger partial charge in [0.1, 0.15) is 17.5 Å². The molecule has 0 spiro atoms. The lowest BCUT2D eigenvalue weighted by molar-refractivity contribution is -0.143. The van der Waals surface area contributed by atoms with Gasteiger partial charge < -0.3 is 19.7 Å². The first-order chi connectivity index (χ1) is 15.8. The first kappa shape index (κ1) is 26.2. The fraction of sp³-hybridized carbons (Fsp3) is 0.481. The third-order valence-electron chi connectivity index (χ3n) is 5.82. The van der Waals surface area contributed by atoms with Gasteiger partial charge in [0.25, 0.3) is 5.91 Å². The Labute approximate surface area is 198 Å². The molecule has 2 rings (SSSR count). The van der Waals surface area contributed by atoms with Crippen LogP contribution in [0.5, 0.6) is 11.5 Å². The molecule has 0 aliphatic carbocycles. The molecule has 0 saturated heterocycles. The number of hydrogen-bond donors (Lipinski definition) is 1. The van der Waals surface area contributed by atoms with Crippen LogP contribution in [0, 0.1) is 20.8 Å². The third kappa shape index (κ3) is 7.52. The van der Waals surface area contributed by atoms with Gasteiger partial charge in [-0.25, -0.2) is 0 Å². The van der Waals surface area contributed by atoms with Crippen LogP contribution in [0.2, 0.25) is 0 Å². The minimum Gasteiger partial charge on any atom is -0.497 e. The molecule has 6 heteroatoms. The molecule has 0 bridgehead atoms. The highest BCUT2D eigenvalue weighted by molar-refractivity contribution is 5.88. The summed E-state index contributed by atoms with van der Waals surface area (Å²) in [7, 11) is 1.61. The molecule has 33 heavy (non-hydrogen) atoms. The van der Waals surface area contributed by atoms with Gasteiger partial charge in [0, 0.05) is 13.1 Å². The van der Waals surface area contributed by atoms with Crippen molar-refractivity contribution in [2.45, 2.75) is 66.5 Å². The van der Waals surface area contributed by atoms with Crippen molar-refractivity contribution in [3.8, 4) is 11.5 Å². The number of carbonyl (C=O) groups is 2. The average molecular weight is 455 g/mol. The highest BCUT2D eigenvalue weighted by atomic mass is 16.5. The molecule has 2 amide bonds. The lowest BCUT2D eigenvalue weighted by atomic mass is 10.1. The maximum atomic E-state index is 13.4. The summed E-state index contributed by atoms with van der Waals surface area (Å²) in [4.78, 5) is 28.0. The number of nitrogens with zero attached hydrogens (tertiary/aromatic N) is 1. The second-order valence-electron chi connectivity index (χ2n) is 8.44. The maximum Gasteiger partial charge on any atom is 0.261 e. The maximum absolute atomic E-state index is 13.4. The van der Waals surface area contributed by atoms with Gasteiger partial charge in [-0.15, -0.1) is 0 Å². The molecule has 0 aliphatic rings. The zero-order valence-corrected chi connectivity index (χ0v) is 20.9. The van der Waals surface area contributed by atoms with Gasteiger partial charge in [-0.1, -0.05) is 38.5 Å². The van der Waals surface area contributed by atoms with Crippen molar-refractivity contribution in [2.24, 2.45) is 0 Å². The van der Waals surface area contributed by atoms with E-state index in [9.17, 15) is 9.59 Å². The Morgan fingerprint density at radius 2 is 1.85 bits per heavy atom. The molecule has 6 nitrogen and oxygen atoms in total. The lowest BCUT2D eigenvalue weighted by Crippen LogP contribution is -2.50. The minimum absolute atomic E-state index is 0.132. The SMILES string of the molecule is CCCCNC(=O)[C@@H](CC)N(Cc1cccc(OC)c1)C(=O)COc1cc(C)cc(C)c1C. The van der Waals surface area contributed by atoms with Gasteiger partial charge >= 0.3 is 0 Å². The molecular formula is C27H38N2O4. The molecule has 0 fully saturated rings. The number of carbonyl (C=O) groups excluding carboxylic acids is 2. The molecule has 0 aliphatic heterocycles. The van der Waals surface area contributed by atoms with Gasteiger partial charge in [0.2, 0.25) is 5.91 Å². The number of nitrogens with one attached hydrogen (secondary N) is 1. The molecule has 2 aromatic carbocycles. The fourth-order valence-electron chi connectivity index (χ4n) is 3.77. The van der Waals surface area contributed by atoms with Crippen LogP contribution in [0.25, 0.3) is 0 Å². The summed E-state index contributed by atoms with van der Waals surface area (Å²) in [5.74, 6) is 1.05. The molecule has 0 unspecified atom stereocenters. The van der Waals surface area contributed by atoms with Gasteiger partial charge in [0.15, 0.2) is 6.61 Å². The number of aryl methyl sites for hydroxylation is 2. The second kappa shape index (κ2) is 12.9. The van der Waals surface area contributed by atoms with Crippen LogP contribution >= 0.6 is 0 Å². The molecular weight excluding hydrogens is 416 g/mol. The molecule has 0 saturated carbocycles. The summed E-state index contributed by atoms with van der Waals surface area (Å²) in [6.07, 6.45) is 2.41. The molecule has 180 valence electrons. The fourth-order valence-corrected chi connectivity index (χ4v) is 3.77. The number of methoxy groups -OCH3 is 1. The zero-order chi connectivity index (χ0) is 24.4. The predicted molar refractivity (Wildman–Crippen MR) is 132 cm³/mol. The Morgan fingerprint density at radius 3 is 2.52 bits per heavy atom. The van der Waals surface area contributed by atoms with E-state index < -0.39 is 6.04 Å². The van der Waals surface area contributed by atoms with E-state index in [-0.39, 0.29) is 18.4 Å². The Bertz CT molecular complexity index is 942. The van der Waals surface area contributed by atoms with Gasteiger partial charge in [-0.2, -0.15) is 0 Å². The Morgan fingerprint density at radius 1 is 1.09 bits per heavy atom. The van der Waals surface area contributed by atoms with E-state index in [0.717, 1.165) is 35.1 Å². The largest absolute Gasteiger partial charge is 0.497 e. The molecule has 0 aromatic heterocycles. The van der Waals surface area contributed by atoms with Crippen molar-refractivity contribution < 1.29 is 19.1 Å². The highest BCUT2D eigenvalue weighted by Gasteiger charge is 2.29. The quantitative estimate of drug-likeness (QED) is 0.471. The number of ether oxygens (including phenoxy) is 2. The van der Waals surface area contributed by atoms with E-state index in [1.54, 1.807) is 12.0 Å². The number of unbranched alkanes of at least 4 members (excludes halogenated alkanes) is 1. The summed E-state index contributed by atoms with van der Waals surface area (Å²) >= 11 is 0. The molecule has 0 radical (unpaired) electrons. The van der Waals surface area contributed by atoms with Crippen LogP contribution in [-0.2, 0) is 16.1 Å². The van der Waals surface area contributed by atoms with Crippen LogP contribution < -0.4 is 14.8 Å². The van der Waals surface area contributed by atoms with Gasteiger partial charge in [-0.3, -0.25) is 9.59 Å². The van der Waals surface area contributed by atoms with Gasteiger partial charge in [0.05, 0.1) is 7.11 Å². The van der Waals surface area contributed by atoms with E-state index in [1.807, 2.05) is 58.0 Å². The van der Waals surface area contributed by atoms with Crippen LogP contribution in [-0.4, -0.2) is 43.0 Å². The first-order valence-corrected chi connectivity index (χ1v) is 11.7. The van der Waals surface area contributed by atoms with Crippen molar-refractivity contribution >= 4 is 11.8 Å². The van der Waals surface area contributed by atoms with E-state index >= 15 is 0 Å². The van der Waals surface area contributed by atoms with Crippen LogP contribution in [0.1, 0.15) is 55.4 Å². The summed E-state index contributed by atoms with van der Waals surface area (Å²) < 4.78 is 11.3. The third-order valence-corrected chi connectivity index (χ3v) is 5.82. The number of hydrogen-bond acceptors (Lipinski definition) is 4. The van der Waals surface area contributed by atoms with E-state index in [2.05, 4.69) is 18.3 Å². The van der Waals surface area contributed by atoms with E-state index in [0.29, 0.717) is 31.0 Å². The van der Waals surface area contributed by atoms with E-state index in [1.165, 1.54) is 0 Å². The number of benzene rings is 2. The van der Waals surface area contributed by atoms with Crippen molar-refractivity contribution in [3.63, 3.8) is 0 Å². The smallest absolute Gasteiger partial charge is 0.261 e. The Hall–Kier alpha value is -3.02. The minimum atomic E-state index is -0.579. The van der Waals surface area contributed by atoms with Crippen LogP contribution in [0.4, 0.5) is 0 Å². The summed E-state index contributed by atoms with van der Waals surface area (Å²) in [6, 6.07) is 11.0. The van der Waals surface area contributed by atoms with Crippen molar-refractivity contribution in [1.29, 1.82) is 0 Å². The second-order valence-corrected chi connectivity index (χ2v) is 8.44. The summed E-state index contributed by atoms with van der Waals surface area (Å²) in [5.41, 5.74) is 4.10. The van der Waals surface area contributed by atoms with Gasteiger partial charge in [-0.05, 0) is 74.1 Å². The highest BCUT2D eigenvalue weighted by Crippen LogP contribution is 2.24. The lowest BCUT2D eigenvalue weighted by Gasteiger charge is -2.30. The van der Waals surface area contributed by atoms with Crippen molar-refractivity contribution in [3.05, 3.63) is 58.7 Å². The number of amides is 2. The summed E-state index contributed by atoms with van der Waals surface area (Å²) in [5, 5.41) is 2.98. The Kier molecular flexibility index (Phi) is 10.2. The number of rotatable bonds is 12. The van der Waals surface area contributed by atoms with E-state index in [4.69, 9.17) is 9.47 Å². The topological polar surface area (TPSA) is 67.9 Å². The summed E-state index contributed by atoms with van der Waals surface area (Å²) in [6.45, 7) is 10.8. The average Bonchev–Trinajstić information content (AvgIpc) is 2.80. The monoisotopic (exact) mass is 454 g/mol. The van der Waals surface area contributed by atoms with Crippen LogP contribution in [0.3, 0.4) is 0 Å².